The maximum atomic E-state index is 5.47. The largest absolute Gasteiger partial charge is 0.356 e. The van der Waals surface area contributed by atoms with Crippen LogP contribution >= 0.6 is 11.3 Å². The van der Waals surface area contributed by atoms with Gasteiger partial charge in [0.15, 0.2) is 0 Å². The molecule has 0 atom stereocenters. The van der Waals surface area contributed by atoms with E-state index in [0.29, 0.717) is 5.95 Å². The lowest BCUT2D eigenvalue weighted by Gasteiger charge is -2.32. The van der Waals surface area contributed by atoms with Gasteiger partial charge in [0.25, 0.3) is 0 Å². The Morgan fingerprint density at radius 1 is 1.47 bits per heavy atom. The lowest BCUT2D eigenvalue weighted by Crippen LogP contribution is -2.33. The van der Waals surface area contributed by atoms with E-state index in [0.717, 1.165) is 35.0 Å². The minimum Gasteiger partial charge on any atom is -0.356 e. The molecule has 2 aromatic heterocycles. The SMILES string of the molecule is CCN(CC1CCC1)c1nc(NN)nc2sccc12. The molecule has 0 amide bonds. The number of thiophene rings is 1. The molecule has 0 unspecified atom stereocenters. The second kappa shape index (κ2) is 5.30. The van der Waals surface area contributed by atoms with E-state index in [2.05, 4.69) is 38.7 Å². The fourth-order valence-electron chi connectivity index (χ4n) is 2.50. The summed E-state index contributed by atoms with van der Waals surface area (Å²) in [6.07, 6.45) is 4.06. The topological polar surface area (TPSA) is 67.1 Å². The normalized spacial score (nSPS) is 15.5. The average Bonchev–Trinajstić information content (AvgIpc) is 2.85. The molecule has 1 fully saturated rings. The first kappa shape index (κ1) is 12.6. The van der Waals surface area contributed by atoms with E-state index < -0.39 is 0 Å². The summed E-state index contributed by atoms with van der Waals surface area (Å²) >= 11 is 1.62. The molecule has 1 aliphatic rings. The quantitative estimate of drug-likeness (QED) is 0.649. The van der Waals surface area contributed by atoms with Gasteiger partial charge in [-0.2, -0.15) is 4.98 Å². The maximum Gasteiger partial charge on any atom is 0.240 e. The van der Waals surface area contributed by atoms with Crippen LogP contribution in [0, 0.1) is 5.92 Å². The van der Waals surface area contributed by atoms with Gasteiger partial charge in [0.1, 0.15) is 10.6 Å². The van der Waals surface area contributed by atoms with Gasteiger partial charge in [-0.25, -0.2) is 10.8 Å². The molecule has 1 saturated carbocycles. The Hall–Kier alpha value is -1.40. The number of hydrogen-bond donors (Lipinski definition) is 2. The molecule has 2 heterocycles. The molecule has 3 N–H and O–H groups in total. The average molecular weight is 277 g/mol. The van der Waals surface area contributed by atoms with Gasteiger partial charge in [-0.3, -0.25) is 5.43 Å². The van der Waals surface area contributed by atoms with Gasteiger partial charge in [0, 0.05) is 13.1 Å². The van der Waals surface area contributed by atoms with Crippen molar-refractivity contribution in [3.05, 3.63) is 11.4 Å². The monoisotopic (exact) mass is 277 g/mol. The number of fused-ring (bicyclic) bond motifs is 1. The van der Waals surface area contributed by atoms with Crippen molar-refractivity contribution in [3.63, 3.8) is 0 Å². The molecule has 0 saturated heterocycles. The first-order chi connectivity index (χ1) is 9.31. The van der Waals surface area contributed by atoms with Crippen molar-refractivity contribution in [2.75, 3.05) is 23.4 Å². The first-order valence-electron chi connectivity index (χ1n) is 6.78. The third-order valence-corrected chi connectivity index (χ3v) is 4.63. The molecule has 0 bridgehead atoms. The number of aromatic nitrogens is 2. The second-order valence-electron chi connectivity index (χ2n) is 4.99. The van der Waals surface area contributed by atoms with Crippen molar-refractivity contribution in [2.24, 2.45) is 11.8 Å². The van der Waals surface area contributed by atoms with Crippen molar-refractivity contribution in [3.8, 4) is 0 Å². The summed E-state index contributed by atoms with van der Waals surface area (Å²) in [6.45, 7) is 4.22. The summed E-state index contributed by atoms with van der Waals surface area (Å²) in [6, 6.07) is 2.10. The molecule has 0 spiro atoms. The molecule has 3 rings (SSSR count). The van der Waals surface area contributed by atoms with Crippen LogP contribution in [0.3, 0.4) is 0 Å². The maximum absolute atomic E-state index is 5.47. The number of rotatable bonds is 5. The molecule has 2 aromatic rings. The number of hydrazine groups is 1. The third kappa shape index (κ3) is 2.37. The fraction of sp³-hybridized carbons (Fsp3) is 0.538. The van der Waals surface area contributed by atoms with Crippen molar-refractivity contribution in [1.82, 2.24) is 9.97 Å². The van der Waals surface area contributed by atoms with Crippen LogP contribution in [0.15, 0.2) is 11.4 Å². The summed E-state index contributed by atoms with van der Waals surface area (Å²) in [5.74, 6) is 7.79. The van der Waals surface area contributed by atoms with E-state index in [9.17, 15) is 0 Å². The minimum atomic E-state index is 0.497. The van der Waals surface area contributed by atoms with Crippen LogP contribution in [0.25, 0.3) is 10.2 Å². The second-order valence-corrected chi connectivity index (χ2v) is 5.88. The van der Waals surface area contributed by atoms with Gasteiger partial charge in [0.05, 0.1) is 5.39 Å². The summed E-state index contributed by atoms with van der Waals surface area (Å²) in [7, 11) is 0. The highest BCUT2D eigenvalue weighted by Gasteiger charge is 2.22. The molecule has 5 nitrogen and oxygen atoms in total. The smallest absolute Gasteiger partial charge is 0.240 e. The van der Waals surface area contributed by atoms with Crippen LogP contribution < -0.4 is 16.2 Å². The van der Waals surface area contributed by atoms with E-state index in [1.807, 2.05) is 0 Å². The van der Waals surface area contributed by atoms with Crippen LogP contribution in [0.2, 0.25) is 0 Å². The zero-order valence-electron chi connectivity index (χ0n) is 11.1. The zero-order valence-corrected chi connectivity index (χ0v) is 11.9. The van der Waals surface area contributed by atoms with Crippen molar-refractivity contribution < 1.29 is 0 Å². The Labute approximate surface area is 116 Å². The minimum absolute atomic E-state index is 0.497. The number of nitrogens with two attached hydrogens (primary N) is 1. The van der Waals surface area contributed by atoms with Gasteiger partial charge in [-0.1, -0.05) is 6.42 Å². The Balaban J connectivity index is 1.97. The van der Waals surface area contributed by atoms with Crippen LogP contribution in [0.4, 0.5) is 11.8 Å². The highest BCUT2D eigenvalue weighted by molar-refractivity contribution is 7.16. The molecule has 102 valence electrons. The van der Waals surface area contributed by atoms with Gasteiger partial charge in [0.2, 0.25) is 5.95 Å². The van der Waals surface area contributed by atoms with Crippen LogP contribution in [0.5, 0.6) is 0 Å². The van der Waals surface area contributed by atoms with E-state index in [-0.39, 0.29) is 0 Å². The van der Waals surface area contributed by atoms with Crippen molar-refractivity contribution in [2.45, 2.75) is 26.2 Å². The summed E-state index contributed by atoms with van der Waals surface area (Å²) in [5, 5.41) is 3.19. The van der Waals surface area contributed by atoms with E-state index in [1.165, 1.54) is 19.3 Å². The van der Waals surface area contributed by atoms with Gasteiger partial charge >= 0.3 is 0 Å². The predicted octanol–water partition coefficient (Wildman–Crippen LogP) is 2.60. The number of anilines is 2. The van der Waals surface area contributed by atoms with Gasteiger partial charge in [-0.05, 0) is 37.1 Å². The van der Waals surface area contributed by atoms with Crippen LogP contribution in [-0.4, -0.2) is 23.1 Å². The fourth-order valence-corrected chi connectivity index (χ4v) is 3.26. The summed E-state index contributed by atoms with van der Waals surface area (Å²) in [5.41, 5.74) is 2.57. The van der Waals surface area contributed by atoms with E-state index >= 15 is 0 Å². The highest BCUT2D eigenvalue weighted by Crippen LogP contribution is 2.32. The predicted molar refractivity (Wildman–Crippen MR) is 80.5 cm³/mol. The molecule has 0 radical (unpaired) electrons. The number of nitrogen functional groups attached to an aromatic ring is 1. The van der Waals surface area contributed by atoms with Crippen molar-refractivity contribution >= 4 is 33.3 Å². The van der Waals surface area contributed by atoms with Crippen LogP contribution in [0.1, 0.15) is 26.2 Å². The Bertz CT molecular complexity index is 563. The molecular formula is C13H19N5S. The van der Waals surface area contributed by atoms with Crippen LogP contribution in [-0.2, 0) is 0 Å². The zero-order chi connectivity index (χ0) is 13.2. The third-order valence-electron chi connectivity index (χ3n) is 3.82. The summed E-state index contributed by atoms with van der Waals surface area (Å²) in [4.78, 5) is 12.3. The molecule has 0 aromatic carbocycles. The molecule has 19 heavy (non-hydrogen) atoms. The summed E-state index contributed by atoms with van der Waals surface area (Å²) < 4.78 is 0. The number of hydrogen-bond acceptors (Lipinski definition) is 6. The first-order valence-corrected chi connectivity index (χ1v) is 7.66. The Morgan fingerprint density at radius 3 is 2.95 bits per heavy atom. The number of nitrogens with zero attached hydrogens (tertiary/aromatic N) is 3. The molecule has 1 aliphatic carbocycles. The van der Waals surface area contributed by atoms with Gasteiger partial charge < -0.3 is 4.90 Å². The standard InChI is InChI=1S/C13H19N5S/c1-2-18(8-9-4-3-5-9)11-10-6-7-19-12(10)16-13(15-11)17-14/h6-7,9H,2-5,8,14H2,1H3,(H,15,16,17). The molecular weight excluding hydrogens is 258 g/mol. The lowest BCUT2D eigenvalue weighted by molar-refractivity contribution is 0.318. The highest BCUT2D eigenvalue weighted by atomic mass is 32.1. The van der Waals surface area contributed by atoms with Crippen molar-refractivity contribution in [1.29, 1.82) is 0 Å². The molecule has 6 heteroatoms. The Morgan fingerprint density at radius 2 is 2.32 bits per heavy atom. The van der Waals surface area contributed by atoms with E-state index in [4.69, 9.17) is 5.84 Å². The van der Waals surface area contributed by atoms with Gasteiger partial charge in [-0.15, -0.1) is 11.3 Å². The Kier molecular flexibility index (Phi) is 3.52. The molecule has 0 aliphatic heterocycles. The number of nitrogens with one attached hydrogen (secondary N) is 1. The lowest BCUT2D eigenvalue weighted by atomic mass is 9.85. The van der Waals surface area contributed by atoms with E-state index in [1.54, 1.807) is 11.3 Å².